The van der Waals surface area contributed by atoms with Crippen LogP contribution in [0.15, 0.2) is 36.4 Å². The van der Waals surface area contributed by atoms with Gasteiger partial charge in [0, 0.05) is 36.9 Å². The molecule has 0 aliphatic heterocycles. The lowest BCUT2D eigenvalue weighted by molar-refractivity contribution is -0.385. The van der Waals surface area contributed by atoms with Gasteiger partial charge in [0.2, 0.25) is 0 Å². The molecule has 2 rings (SSSR count). The number of amides is 2. The van der Waals surface area contributed by atoms with Crippen molar-refractivity contribution < 1.29 is 19.4 Å². The van der Waals surface area contributed by atoms with E-state index in [2.05, 4.69) is 10.6 Å². The summed E-state index contributed by atoms with van der Waals surface area (Å²) in [7, 11) is 0. The van der Waals surface area contributed by atoms with Gasteiger partial charge >= 0.3 is 0 Å². The third kappa shape index (κ3) is 5.62. The van der Waals surface area contributed by atoms with Crippen LogP contribution in [0.2, 0.25) is 10.0 Å². The van der Waals surface area contributed by atoms with Crippen LogP contribution in [-0.2, 0) is 0 Å². The number of carbonyl (C=O) groups is 2. The highest BCUT2D eigenvalue weighted by molar-refractivity contribution is 6.34. The zero-order chi connectivity index (χ0) is 21.7. The minimum Gasteiger partial charge on any atom is -0.350 e. The summed E-state index contributed by atoms with van der Waals surface area (Å²) < 4.78 is 0. The number of nitro groups is 2. The first-order chi connectivity index (χ1) is 13.6. The molecule has 0 aliphatic carbocycles. The lowest BCUT2D eigenvalue weighted by Gasteiger charge is -2.15. The van der Waals surface area contributed by atoms with Crippen molar-refractivity contribution >= 4 is 46.4 Å². The van der Waals surface area contributed by atoms with Crippen molar-refractivity contribution in [3.8, 4) is 0 Å². The number of halogens is 2. The molecular weight excluding hydrogens is 427 g/mol. The van der Waals surface area contributed by atoms with Gasteiger partial charge in [-0.2, -0.15) is 0 Å². The van der Waals surface area contributed by atoms with Crippen molar-refractivity contribution in [2.75, 3.05) is 6.54 Å². The number of rotatable bonds is 7. The Bertz CT molecular complexity index is 998. The molecule has 1 atom stereocenters. The van der Waals surface area contributed by atoms with Crippen LogP contribution in [0.25, 0.3) is 0 Å². The van der Waals surface area contributed by atoms with Gasteiger partial charge in [-0.15, -0.1) is 0 Å². The van der Waals surface area contributed by atoms with E-state index in [1.54, 1.807) is 6.92 Å². The van der Waals surface area contributed by atoms with Gasteiger partial charge < -0.3 is 10.6 Å². The lowest BCUT2D eigenvalue weighted by atomic mass is 10.1. The Morgan fingerprint density at radius 2 is 1.38 bits per heavy atom. The normalized spacial score (nSPS) is 11.4. The lowest BCUT2D eigenvalue weighted by Crippen LogP contribution is -2.42. The maximum atomic E-state index is 12.3. The summed E-state index contributed by atoms with van der Waals surface area (Å²) in [5.41, 5.74) is -0.387. The monoisotopic (exact) mass is 440 g/mol. The van der Waals surface area contributed by atoms with Crippen LogP contribution >= 0.6 is 23.2 Å². The summed E-state index contributed by atoms with van der Waals surface area (Å²) >= 11 is 11.8. The van der Waals surface area contributed by atoms with E-state index in [1.165, 1.54) is 12.1 Å². The van der Waals surface area contributed by atoms with E-state index in [1.807, 2.05) is 0 Å². The van der Waals surface area contributed by atoms with E-state index in [-0.39, 0.29) is 39.1 Å². The summed E-state index contributed by atoms with van der Waals surface area (Å²) in [5, 5.41) is 26.4. The van der Waals surface area contributed by atoms with E-state index in [4.69, 9.17) is 23.2 Å². The van der Waals surface area contributed by atoms with Crippen LogP contribution in [0.5, 0.6) is 0 Å². The first-order valence-electron chi connectivity index (χ1n) is 8.07. The predicted molar refractivity (Wildman–Crippen MR) is 105 cm³/mol. The molecule has 2 aromatic rings. The first kappa shape index (κ1) is 22.1. The molecule has 12 heteroatoms. The van der Waals surface area contributed by atoms with Gasteiger partial charge in [0.25, 0.3) is 23.2 Å². The number of hydrogen-bond donors (Lipinski definition) is 2. The molecular formula is C17H14Cl2N4O6. The van der Waals surface area contributed by atoms with Crippen molar-refractivity contribution in [3.05, 3.63) is 77.8 Å². The van der Waals surface area contributed by atoms with Crippen LogP contribution in [0, 0.1) is 20.2 Å². The van der Waals surface area contributed by atoms with Gasteiger partial charge in [-0.1, -0.05) is 23.2 Å². The Morgan fingerprint density at radius 1 is 0.931 bits per heavy atom. The van der Waals surface area contributed by atoms with Crippen LogP contribution in [0.3, 0.4) is 0 Å². The Labute approximate surface area is 174 Å². The van der Waals surface area contributed by atoms with Crippen LogP contribution in [0.1, 0.15) is 27.6 Å². The second-order valence-corrected chi connectivity index (χ2v) is 6.74. The molecule has 152 valence electrons. The van der Waals surface area contributed by atoms with Crippen molar-refractivity contribution in [1.29, 1.82) is 0 Å². The third-order valence-electron chi connectivity index (χ3n) is 3.76. The Morgan fingerprint density at radius 3 is 1.79 bits per heavy atom. The quantitative estimate of drug-likeness (QED) is 0.498. The van der Waals surface area contributed by atoms with E-state index in [0.29, 0.717) is 0 Å². The molecule has 0 spiro atoms. The average Bonchev–Trinajstić information content (AvgIpc) is 2.65. The topological polar surface area (TPSA) is 144 Å². The molecule has 2 N–H and O–H groups in total. The number of carbonyl (C=O) groups excluding carboxylic acids is 2. The molecule has 2 amide bonds. The molecule has 0 aliphatic rings. The molecule has 10 nitrogen and oxygen atoms in total. The summed E-state index contributed by atoms with van der Waals surface area (Å²) in [6, 6.07) is 6.40. The molecule has 0 heterocycles. The van der Waals surface area contributed by atoms with E-state index >= 15 is 0 Å². The minimum absolute atomic E-state index is 0.0302. The van der Waals surface area contributed by atoms with Crippen molar-refractivity contribution in [2.24, 2.45) is 0 Å². The molecule has 0 aromatic heterocycles. The fourth-order valence-corrected chi connectivity index (χ4v) is 2.82. The van der Waals surface area contributed by atoms with E-state index in [9.17, 15) is 29.8 Å². The summed E-state index contributed by atoms with van der Waals surface area (Å²) in [6.45, 7) is 1.65. The van der Waals surface area contributed by atoms with Crippen molar-refractivity contribution in [3.63, 3.8) is 0 Å². The fraction of sp³-hybridized carbons (Fsp3) is 0.176. The zero-order valence-electron chi connectivity index (χ0n) is 14.8. The number of nitro benzene ring substituents is 2. The zero-order valence-corrected chi connectivity index (χ0v) is 16.4. The maximum absolute atomic E-state index is 12.3. The Kier molecular flexibility index (Phi) is 7.08. The Hall–Kier alpha value is -3.24. The molecule has 1 unspecified atom stereocenters. The number of benzene rings is 2. The molecule has 0 radical (unpaired) electrons. The summed E-state index contributed by atoms with van der Waals surface area (Å²) in [6.07, 6.45) is 0. The smallest absolute Gasteiger partial charge is 0.270 e. The molecule has 0 saturated carbocycles. The third-order valence-corrected chi connectivity index (χ3v) is 4.39. The van der Waals surface area contributed by atoms with Gasteiger partial charge in [-0.05, 0) is 19.1 Å². The van der Waals surface area contributed by atoms with E-state index < -0.39 is 27.7 Å². The first-order valence-corrected chi connectivity index (χ1v) is 8.82. The molecule has 0 fully saturated rings. The standard InChI is InChI=1S/C17H14Cl2N4O6/c1-9(21-17(25)13-5-3-11(23(28)29)7-15(13)19)8-20-16(24)12-4-2-10(22(26)27)6-14(12)18/h2-7,9H,8H2,1H3,(H,20,24)(H,21,25). The van der Waals surface area contributed by atoms with Gasteiger partial charge in [-0.3, -0.25) is 29.8 Å². The van der Waals surface area contributed by atoms with Crippen LogP contribution < -0.4 is 10.6 Å². The number of nitrogens with one attached hydrogen (secondary N) is 2. The molecule has 0 bridgehead atoms. The second kappa shape index (κ2) is 9.30. The molecule has 29 heavy (non-hydrogen) atoms. The second-order valence-electron chi connectivity index (χ2n) is 5.93. The van der Waals surface area contributed by atoms with Gasteiger partial charge in [0.15, 0.2) is 0 Å². The summed E-state index contributed by atoms with van der Waals surface area (Å²) in [5.74, 6) is -1.14. The number of hydrogen-bond acceptors (Lipinski definition) is 6. The van der Waals surface area contributed by atoms with Crippen molar-refractivity contribution in [2.45, 2.75) is 13.0 Å². The highest BCUT2D eigenvalue weighted by Gasteiger charge is 2.18. The van der Waals surface area contributed by atoms with Gasteiger partial charge in [-0.25, -0.2) is 0 Å². The highest BCUT2D eigenvalue weighted by atomic mass is 35.5. The number of non-ortho nitro benzene ring substituents is 2. The van der Waals surface area contributed by atoms with E-state index in [0.717, 1.165) is 24.3 Å². The fourth-order valence-electron chi connectivity index (χ4n) is 2.30. The largest absolute Gasteiger partial charge is 0.350 e. The average molecular weight is 441 g/mol. The van der Waals surface area contributed by atoms with Crippen LogP contribution in [0.4, 0.5) is 11.4 Å². The number of nitrogens with zero attached hydrogens (tertiary/aromatic N) is 2. The predicted octanol–water partition coefficient (Wildman–Crippen LogP) is 3.36. The SMILES string of the molecule is CC(CNC(=O)c1ccc([N+](=O)[O-])cc1Cl)NC(=O)c1ccc([N+](=O)[O-])cc1Cl. The highest BCUT2D eigenvalue weighted by Crippen LogP contribution is 2.23. The molecule has 2 aromatic carbocycles. The summed E-state index contributed by atoms with van der Waals surface area (Å²) in [4.78, 5) is 44.6. The molecule has 0 saturated heterocycles. The Balaban J connectivity index is 1.96. The maximum Gasteiger partial charge on any atom is 0.270 e. The van der Waals surface area contributed by atoms with Gasteiger partial charge in [0.1, 0.15) is 0 Å². The van der Waals surface area contributed by atoms with Crippen LogP contribution in [-0.4, -0.2) is 34.2 Å². The van der Waals surface area contributed by atoms with Crippen molar-refractivity contribution in [1.82, 2.24) is 10.6 Å². The minimum atomic E-state index is -0.630. The van der Waals surface area contributed by atoms with Gasteiger partial charge in [0.05, 0.1) is 31.0 Å².